The van der Waals surface area contributed by atoms with Crippen molar-refractivity contribution in [2.45, 2.75) is 0 Å². The van der Waals surface area contributed by atoms with Crippen LogP contribution in [0.4, 0.5) is 0 Å². The van der Waals surface area contributed by atoms with Gasteiger partial charge in [-0.15, -0.1) is 0 Å². The van der Waals surface area contributed by atoms with Crippen LogP contribution < -0.4 is 0 Å². The Balaban J connectivity index is 2.15. The fourth-order valence-electron chi connectivity index (χ4n) is 1.43. The average molecular weight is 242 g/mol. The zero-order valence-corrected chi connectivity index (χ0v) is 10.3. The molecule has 1 aromatic carbocycles. The van der Waals surface area contributed by atoms with Crippen molar-refractivity contribution in [1.82, 2.24) is 14.5 Å². The van der Waals surface area contributed by atoms with Crippen LogP contribution >= 0.6 is 0 Å². The van der Waals surface area contributed by atoms with Gasteiger partial charge in [-0.25, -0.2) is 4.98 Å². The fourth-order valence-corrected chi connectivity index (χ4v) is 1.43. The van der Waals surface area contributed by atoms with Crippen LogP contribution in [-0.4, -0.2) is 40.8 Å². The molecule has 5 heteroatoms. The van der Waals surface area contributed by atoms with Gasteiger partial charge in [0.25, 0.3) is 5.91 Å². The zero-order chi connectivity index (χ0) is 13.0. The summed E-state index contributed by atoms with van der Waals surface area (Å²) in [5.74, 6) is -0.249. The number of amides is 1. The lowest BCUT2D eigenvalue weighted by Gasteiger charge is -2.03. The van der Waals surface area contributed by atoms with Crippen LogP contribution in [0.25, 0.3) is 5.69 Å². The number of carbonyl (C=O) groups is 1. The molecule has 0 aliphatic rings. The molecule has 0 N–H and O–H groups in total. The number of benzene rings is 1. The number of carbonyl (C=O) groups excluding carboxylic acids is 1. The first-order chi connectivity index (χ1) is 8.66. The first-order valence-corrected chi connectivity index (χ1v) is 5.50. The molecule has 1 amide bonds. The molecule has 0 radical (unpaired) electrons. The lowest BCUT2D eigenvalue weighted by atomic mass is 10.2. The SMILES string of the molecule is CN(C)C=NC(=O)c1ccc(-n2ccnc2)cc1. The quantitative estimate of drug-likeness (QED) is 0.607. The first kappa shape index (κ1) is 12.0. The molecule has 0 bridgehead atoms. The molecule has 0 aliphatic heterocycles. The molecule has 1 heterocycles. The van der Waals surface area contributed by atoms with Crippen molar-refractivity contribution in [1.29, 1.82) is 0 Å². The number of nitrogens with zero attached hydrogens (tertiary/aromatic N) is 4. The average Bonchev–Trinajstić information content (AvgIpc) is 2.90. The van der Waals surface area contributed by atoms with Gasteiger partial charge in [0.05, 0.1) is 12.7 Å². The normalized spacial score (nSPS) is 10.8. The maximum absolute atomic E-state index is 11.7. The zero-order valence-electron chi connectivity index (χ0n) is 10.3. The second kappa shape index (κ2) is 5.27. The highest BCUT2D eigenvalue weighted by Crippen LogP contribution is 2.10. The Morgan fingerprint density at radius 1 is 1.33 bits per heavy atom. The number of aromatic nitrogens is 2. The van der Waals surface area contributed by atoms with Crippen molar-refractivity contribution in [3.63, 3.8) is 0 Å². The summed E-state index contributed by atoms with van der Waals surface area (Å²) in [6, 6.07) is 7.23. The highest BCUT2D eigenvalue weighted by molar-refractivity contribution is 5.98. The van der Waals surface area contributed by atoms with E-state index in [1.54, 1.807) is 29.6 Å². The largest absolute Gasteiger partial charge is 0.369 e. The molecule has 0 spiro atoms. The lowest BCUT2D eigenvalue weighted by Crippen LogP contribution is -2.09. The van der Waals surface area contributed by atoms with Gasteiger partial charge in [-0.2, -0.15) is 4.99 Å². The Bertz CT molecular complexity index is 541. The van der Waals surface area contributed by atoms with Crippen molar-refractivity contribution < 1.29 is 4.79 Å². The molecule has 0 aliphatic carbocycles. The molecule has 0 fully saturated rings. The number of aliphatic imine (C=N–C) groups is 1. The van der Waals surface area contributed by atoms with Crippen molar-refractivity contribution in [2.24, 2.45) is 4.99 Å². The van der Waals surface area contributed by atoms with Crippen LogP contribution in [0.2, 0.25) is 0 Å². The van der Waals surface area contributed by atoms with Gasteiger partial charge in [0.1, 0.15) is 0 Å². The smallest absolute Gasteiger partial charge is 0.278 e. The van der Waals surface area contributed by atoms with Crippen LogP contribution in [0.3, 0.4) is 0 Å². The van der Waals surface area contributed by atoms with E-state index in [1.165, 1.54) is 6.34 Å². The highest BCUT2D eigenvalue weighted by Gasteiger charge is 2.03. The van der Waals surface area contributed by atoms with Gasteiger partial charge < -0.3 is 9.47 Å². The van der Waals surface area contributed by atoms with E-state index in [-0.39, 0.29) is 5.91 Å². The maximum Gasteiger partial charge on any atom is 0.278 e. The third kappa shape index (κ3) is 2.82. The van der Waals surface area contributed by atoms with Gasteiger partial charge in [0.15, 0.2) is 0 Å². The molecule has 18 heavy (non-hydrogen) atoms. The van der Waals surface area contributed by atoms with Gasteiger partial charge in [0, 0.05) is 37.7 Å². The van der Waals surface area contributed by atoms with Gasteiger partial charge in [-0.1, -0.05) is 0 Å². The van der Waals surface area contributed by atoms with E-state index in [0.29, 0.717) is 5.56 Å². The predicted molar refractivity (Wildman–Crippen MR) is 70.1 cm³/mol. The second-order valence-electron chi connectivity index (χ2n) is 4.03. The molecular formula is C13H14N4O. The van der Waals surface area contributed by atoms with Gasteiger partial charge in [-0.05, 0) is 24.3 Å². The molecule has 0 unspecified atom stereocenters. The molecule has 0 saturated heterocycles. The summed E-state index contributed by atoms with van der Waals surface area (Å²) in [6.45, 7) is 0. The summed E-state index contributed by atoms with van der Waals surface area (Å²) in [4.78, 5) is 21.2. The Morgan fingerprint density at radius 3 is 2.61 bits per heavy atom. The Kier molecular flexibility index (Phi) is 3.52. The molecule has 1 aromatic heterocycles. The number of imidazole rings is 1. The fraction of sp³-hybridized carbons (Fsp3) is 0.154. The first-order valence-electron chi connectivity index (χ1n) is 5.50. The van der Waals surface area contributed by atoms with E-state index >= 15 is 0 Å². The molecule has 92 valence electrons. The Labute approximate surface area is 105 Å². The van der Waals surface area contributed by atoms with Gasteiger partial charge in [-0.3, -0.25) is 4.79 Å². The van der Waals surface area contributed by atoms with E-state index < -0.39 is 0 Å². The van der Waals surface area contributed by atoms with E-state index in [9.17, 15) is 4.79 Å². The molecule has 0 atom stereocenters. The molecule has 2 aromatic rings. The van der Waals surface area contributed by atoms with Crippen LogP contribution in [0, 0.1) is 0 Å². The molecule has 5 nitrogen and oxygen atoms in total. The number of rotatable bonds is 3. The third-order valence-electron chi connectivity index (χ3n) is 2.32. The van der Waals surface area contributed by atoms with Crippen LogP contribution in [0.5, 0.6) is 0 Å². The van der Waals surface area contributed by atoms with Crippen molar-refractivity contribution in [3.8, 4) is 5.69 Å². The standard InChI is InChI=1S/C13H14N4O/c1-16(2)10-15-13(18)11-3-5-12(6-4-11)17-8-7-14-9-17/h3-10H,1-2H3. The summed E-state index contributed by atoms with van der Waals surface area (Å²) >= 11 is 0. The molecule has 0 saturated carbocycles. The van der Waals surface area contributed by atoms with Crippen molar-refractivity contribution in [2.75, 3.05) is 14.1 Å². The molecule has 2 rings (SSSR count). The molecular weight excluding hydrogens is 228 g/mol. The van der Waals surface area contributed by atoms with Crippen LogP contribution in [0.1, 0.15) is 10.4 Å². The summed E-state index contributed by atoms with van der Waals surface area (Å²) < 4.78 is 1.87. The monoisotopic (exact) mass is 242 g/mol. The summed E-state index contributed by atoms with van der Waals surface area (Å²) in [5, 5.41) is 0. The van der Waals surface area contributed by atoms with E-state index in [1.807, 2.05) is 37.0 Å². The lowest BCUT2D eigenvalue weighted by molar-refractivity contribution is 0.100. The Morgan fingerprint density at radius 2 is 2.06 bits per heavy atom. The van der Waals surface area contributed by atoms with Crippen molar-refractivity contribution >= 4 is 12.2 Å². The predicted octanol–water partition coefficient (Wildman–Crippen LogP) is 1.60. The number of hydrogen-bond acceptors (Lipinski definition) is 2. The minimum Gasteiger partial charge on any atom is -0.369 e. The highest BCUT2D eigenvalue weighted by atomic mass is 16.1. The minimum atomic E-state index is -0.249. The summed E-state index contributed by atoms with van der Waals surface area (Å²) in [5.41, 5.74) is 1.53. The van der Waals surface area contributed by atoms with Crippen LogP contribution in [-0.2, 0) is 0 Å². The van der Waals surface area contributed by atoms with E-state index in [0.717, 1.165) is 5.69 Å². The minimum absolute atomic E-state index is 0.249. The number of hydrogen-bond donors (Lipinski definition) is 0. The maximum atomic E-state index is 11.7. The van der Waals surface area contributed by atoms with E-state index in [4.69, 9.17) is 0 Å². The second-order valence-corrected chi connectivity index (χ2v) is 4.03. The van der Waals surface area contributed by atoms with Crippen molar-refractivity contribution in [3.05, 3.63) is 48.5 Å². The third-order valence-corrected chi connectivity index (χ3v) is 2.32. The Hall–Kier alpha value is -2.43. The van der Waals surface area contributed by atoms with Gasteiger partial charge >= 0.3 is 0 Å². The summed E-state index contributed by atoms with van der Waals surface area (Å²) in [7, 11) is 3.64. The van der Waals surface area contributed by atoms with Crippen LogP contribution in [0.15, 0.2) is 48.0 Å². The van der Waals surface area contributed by atoms with E-state index in [2.05, 4.69) is 9.98 Å². The topological polar surface area (TPSA) is 50.5 Å². The van der Waals surface area contributed by atoms with Gasteiger partial charge in [0.2, 0.25) is 0 Å². The summed E-state index contributed by atoms with van der Waals surface area (Å²) in [6.07, 6.45) is 6.76.